The molecule has 2 aromatic carbocycles. The normalized spacial score (nSPS) is 16.3. The second-order valence-corrected chi connectivity index (χ2v) is 20.1. The standard InChI is InChI=1S/C22H28N4O4S.C16H14N2O2.C6H14N2O2S/c1-14(2)26-12-17(13-26)31(28,29)25-22(27)24-21-18-6-4-5-15(18)7-8-19(21)16-9-10-23-20(11-16)30-3;1-19-15-9-12(7-8-18-15)14-6-5-11-3-2-4-13(11)16(14)20-10-17;1-5(2)8-3-6(4-8)11(7,9)10/h7-11,14,17H,4-6,12-13H2,1-3H3,(H2,24,25,27);5-9H,2-4H2,1H3;5-6H,3-4H2,1-2H3,(H2,7,9,10). The molecule has 4 heterocycles. The molecule has 2 amide bonds. The summed E-state index contributed by atoms with van der Waals surface area (Å²) in [5.74, 6) is 1.69. The molecule has 2 fully saturated rings. The summed E-state index contributed by atoms with van der Waals surface area (Å²) < 4.78 is 64.6. The van der Waals surface area contributed by atoms with Crippen LogP contribution in [0.3, 0.4) is 0 Å². The van der Waals surface area contributed by atoms with Crippen LogP contribution in [-0.2, 0) is 45.7 Å². The third-order valence-corrected chi connectivity index (χ3v) is 14.6. The molecule has 2 aromatic heterocycles. The van der Waals surface area contributed by atoms with Crippen LogP contribution in [0, 0.1) is 11.5 Å². The van der Waals surface area contributed by atoms with Crippen molar-refractivity contribution < 1.29 is 35.8 Å². The smallest absolute Gasteiger partial charge is 0.332 e. The maximum atomic E-state index is 12.7. The number of hydrogen-bond acceptors (Lipinski definition) is 13. The van der Waals surface area contributed by atoms with E-state index in [2.05, 4.69) is 41.9 Å². The summed E-state index contributed by atoms with van der Waals surface area (Å²) >= 11 is 0. The van der Waals surface area contributed by atoms with Crippen molar-refractivity contribution in [1.82, 2.24) is 24.5 Å². The quantitative estimate of drug-likeness (QED) is 0.164. The highest BCUT2D eigenvalue weighted by Gasteiger charge is 2.39. The first kappa shape index (κ1) is 46.2. The fourth-order valence-electron chi connectivity index (χ4n) is 7.99. The average Bonchev–Trinajstić information content (AvgIpc) is 3.87. The lowest BCUT2D eigenvalue weighted by molar-refractivity contribution is 0.141. The van der Waals surface area contributed by atoms with Gasteiger partial charge in [0.25, 0.3) is 6.26 Å². The van der Waals surface area contributed by atoms with E-state index in [0.29, 0.717) is 55.4 Å². The van der Waals surface area contributed by atoms with Gasteiger partial charge in [0.1, 0.15) is 10.5 Å². The number of sulfonamides is 2. The van der Waals surface area contributed by atoms with Crippen molar-refractivity contribution in [2.24, 2.45) is 5.14 Å². The van der Waals surface area contributed by atoms with Gasteiger partial charge in [-0.2, -0.15) is 0 Å². The van der Waals surface area contributed by atoms with Crippen molar-refractivity contribution in [3.05, 3.63) is 83.2 Å². The second kappa shape index (κ2) is 19.8. The number of primary sulfonamides is 1. The number of pyridine rings is 2. The minimum absolute atomic E-state index is 0.284. The number of aromatic nitrogens is 2. The van der Waals surface area contributed by atoms with E-state index in [1.807, 2.05) is 58.0 Å². The molecular weight excluding hydrogens is 833 g/mol. The largest absolute Gasteiger partial charge is 0.481 e. The number of ether oxygens (including phenoxy) is 3. The lowest BCUT2D eigenvalue weighted by Gasteiger charge is -2.41. The number of aryl methyl sites for hydroxylation is 2. The Morgan fingerprint density at radius 2 is 1.26 bits per heavy atom. The number of methoxy groups -OCH3 is 2. The third kappa shape index (κ3) is 10.8. The molecule has 4 N–H and O–H groups in total. The van der Waals surface area contributed by atoms with Crippen molar-refractivity contribution in [3.63, 3.8) is 0 Å². The summed E-state index contributed by atoms with van der Waals surface area (Å²) in [4.78, 5) is 25.1. The number of nitrogens with two attached hydrogens (primary N) is 1. The Morgan fingerprint density at radius 1 is 0.758 bits per heavy atom. The number of nitriles is 1. The highest BCUT2D eigenvalue weighted by atomic mass is 32.2. The van der Waals surface area contributed by atoms with Crippen molar-refractivity contribution >= 4 is 31.8 Å². The predicted molar refractivity (Wildman–Crippen MR) is 238 cm³/mol. The topological polar surface area (TPSA) is 219 Å². The van der Waals surface area contributed by atoms with E-state index in [1.54, 1.807) is 38.9 Å². The molecule has 0 atom stereocenters. The highest BCUT2D eigenvalue weighted by molar-refractivity contribution is 7.90. The number of carbonyl (C=O) groups is 1. The predicted octanol–water partition coefficient (Wildman–Crippen LogP) is 5.26. The molecule has 4 aromatic rings. The molecule has 2 aliphatic carbocycles. The number of hydrogen-bond donors (Lipinski definition) is 3. The fraction of sp³-hybridized carbons (Fsp3) is 0.455. The Bertz CT molecular complexity index is 2520. The fourth-order valence-corrected chi connectivity index (χ4v) is 10.0. The van der Waals surface area contributed by atoms with Gasteiger partial charge >= 0.3 is 6.03 Å². The number of nitrogens with one attached hydrogen (secondary N) is 2. The summed E-state index contributed by atoms with van der Waals surface area (Å²) in [7, 11) is -3.89. The maximum Gasteiger partial charge on any atom is 0.332 e. The van der Waals surface area contributed by atoms with Crippen LogP contribution in [-0.4, -0.2) is 106 Å². The first-order valence-corrected chi connectivity index (χ1v) is 23.9. The zero-order valence-electron chi connectivity index (χ0n) is 36.0. The van der Waals surface area contributed by atoms with Crippen LogP contribution in [0.1, 0.15) is 62.8 Å². The molecule has 8 rings (SSSR count). The minimum atomic E-state index is -3.75. The molecule has 62 heavy (non-hydrogen) atoms. The van der Waals surface area contributed by atoms with E-state index in [1.165, 1.54) is 11.1 Å². The van der Waals surface area contributed by atoms with Crippen LogP contribution < -0.4 is 29.4 Å². The van der Waals surface area contributed by atoms with Crippen LogP contribution in [0.2, 0.25) is 0 Å². The Hall–Kier alpha value is -5.32. The SMILES string of the molecule is CC(C)N1CC(S(N)(=O)=O)C1.COc1cc(-c2ccc3c(c2NC(=O)NS(=O)(=O)C2CN(C(C)C)C2)CCC3)ccn1.COc1cc(-c2ccc3c(c2OC#N)CCC3)ccn1. The number of anilines is 1. The highest BCUT2D eigenvalue weighted by Crippen LogP contribution is 2.40. The van der Waals surface area contributed by atoms with E-state index in [9.17, 15) is 21.6 Å². The lowest BCUT2D eigenvalue weighted by Crippen LogP contribution is -2.60. The van der Waals surface area contributed by atoms with Gasteiger partial charge in [-0.15, -0.1) is 5.26 Å². The zero-order chi connectivity index (χ0) is 44.8. The van der Waals surface area contributed by atoms with Gasteiger partial charge in [0, 0.05) is 73.9 Å². The van der Waals surface area contributed by atoms with Gasteiger partial charge in [0.2, 0.25) is 31.8 Å². The zero-order valence-corrected chi connectivity index (χ0v) is 37.7. The summed E-state index contributed by atoms with van der Waals surface area (Å²) in [5.41, 5.74) is 8.80. The Kier molecular flexibility index (Phi) is 14.8. The van der Waals surface area contributed by atoms with Crippen molar-refractivity contribution in [1.29, 1.82) is 5.26 Å². The Morgan fingerprint density at radius 3 is 1.77 bits per heavy atom. The Labute approximate surface area is 364 Å². The lowest BCUT2D eigenvalue weighted by atomic mass is 9.98. The van der Waals surface area contributed by atoms with Gasteiger partial charge in [-0.05, 0) is 112 Å². The summed E-state index contributed by atoms with van der Waals surface area (Å²) in [6.45, 7) is 10.2. The molecule has 0 radical (unpaired) electrons. The number of likely N-dealkylation sites (tertiary alicyclic amines) is 2. The molecular formula is C44H56N8O8S2. The van der Waals surface area contributed by atoms with Gasteiger partial charge in [0.05, 0.1) is 19.9 Å². The van der Waals surface area contributed by atoms with Crippen LogP contribution in [0.5, 0.6) is 17.5 Å². The maximum absolute atomic E-state index is 12.7. The van der Waals surface area contributed by atoms with Gasteiger partial charge in [-0.25, -0.2) is 41.5 Å². The van der Waals surface area contributed by atoms with Gasteiger partial charge in [-0.3, -0.25) is 9.80 Å². The van der Waals surface area contributed by atoms with Crippen LogP contribution >= 0.6 is 0 Å². The van der Waals surface area contributed by atoms with Gasteiger partial charge < -0.3 is 19.5 Å². The van der Waals surface area contributed by atoms with E-state index < -0.39 is 31.3 Å². The molecule has 18 heteroatoms. The molecule has 4 aliphatic rings. The first-order chi connectivity index (χ1) is 29.5. The number of urea groups is 1. The monoisotopic (exact) mass is 888 g/mol. The number of benzene rings is 2. The molecule has 0 spiro atoms. The summed E-state index contributed by atoms with van der Waals surface area (Å²) in [5, 5.41) is 15.8. The summed E-state index contributed by atoms with van der Waals surface area (Å²) in [6, 6.07) is 15.5. The van der Waals surface area contributed by atoms with Crippen LogP contribution in [0.25, 0.3) is 22.3 Å². The summed E-state index contributed by atoms with van der Waals surface area (Å²) in [6.07, 6.45) is 11.0. The second-order valence-electron chi connectivity index (χ2n) is 16.3. The molecule has 0 saturated carbocycles. The third-order valence-electron chi connectivity index (χ3n) is 11.8. The number of amides is 2. The van der Waals surface area contributed by atoms with E-state index in [4.69, 9.17) is 24.6 Å². The van der Waals surface area contributed by atoms with Crippen LogP contribution in [0.4, 0.5) is 10.5 Å². The molecule has 2 aliphatic heterocycles. The van der Waals surface area contributed by atoms with Crippen molar-refractivity contribution in [2.75, 3.05) is 45.7 Å². The molecule has 332 valence electrons. The molecule has 2 saturated heterocycles. The van der Waals surface area contributed by atoms with Gasteiger partial charge in [0.15, 0.2) is 5.75 Å². The number of nitrogens with zero attached hydrogens (tertiary/aromatic N) is 5. The molecule has 16 nitrogen and oxygen atoms in total. The van der Waals surface area contributed by atoms with Crippen molar-refractivity contribution in [3.8, 4) is 46.0 Å². The molecule has 0 bridgehead atoms. The number of fused-ring (bicyclic) bond motifs is 2. The Balaban J connectivity index is 0.000000176. The number of rotatable bonds is 11. The average molecular weight is 889 g/mol. The van der Waals surface area contributed by atoms with E-state index in [0.717, 1.165) is 71.9 Å². The number of carbonyl (C=O) groups excluding carboxylic acids is 1. The van der Waals surface area contributed by atoms with Crippen LogP contribution in [0.15, 0.2) is 60.9 Å². The minimum Gasteiger partial charge on any atom is -0.481 e. The van der Waals surface area contributed by atoms with Gasteiger partial charge in [-0.1, -0.05) is 24.3 Å². The molecule has 0 unspecified atom stereocenters. The van der Waals surface area contributed by atoms with E-state index in [-0.39, 0.29) is 11.3 Å². The van der Waals surface area contributed by atoms with Crippen molar-refractivity contribution in [2.45, 2.75) is 88.8 Å². The van der Waals surface area contributed by atoms with E-state index >= 15 is 0 Å². The first-order valence-electron chi connectivity index (χ1n) is 20.7.